The van der Waals surface area contributed by atoms with E-state index in [9.17, 15) is 31.9 Å². The number of hydrogen-bond acceptors (Lipinski definition) is 7. The van der Waals surface area contributed by atoms with Gasteiger partial charge in [-0.3, -0.25) is 14.4 Å². The first kappa shape index (κ1) is 36.4. The number of carbonyl (C=O) groups is 3. The summed E-state index contributed by atoms with van der Waals surface area (Å²) in [5.74, 6) is 2.36. The zero-order chi connectivity index (χ0) is 37.0. The van der Waals surface area contributed by atoms with Crippen LogP contribution in [0.4, 0.5) is 29.1 Å². The Hall–Kier alpha value is -5.88. The summed E-state index contributed by atoms with van der Waals surface area (Å²) in [6, 6.07) is 11.2. The highest BCUT2D eigenvalue weighted by Gasteiger charge is 2.29. The van der Waals surface area contributed by atoms with Crippen molar-refractivity contribution >= 4 is 40.1 Å². The Balaban J connectivity index is 1.66. The fraction of sp³-hybridized carbons (Fsp3) is 0.278. The second-order valence-corrected chi connectivity index (χ2v) is 11.8. The summed E-state index contributed by atoms with van der Waals surface area (Å²) in [6.07, 6.45) is -1.54. The van der Waals surface area contributed by atoms with Crippen LogP contribution in [0.5, 0.6) is 5.75 Å². The highest BCUT2D eigenvalue weighted by Crippen LogP contribution is 2.44. The van der Waals surface area contributed by atoms with Gasteiger partial charge >= 0.3 is 6.18 Å². The number of rotatable bonds is 8. The quantitative estimate of drug-likeness (QED) is 0.118. The Morgan fingerprint density at radius 1 is 1.10 bits per heavy atom. The molecule has 0 saturated carbocycles. The summed E-state index contributed by atoms with van der Waals surface area (Å²) in [6.45, 7) is 2.61. The minimum Gasteiger partial charge on any atom is -0.496 e. The van der Waals surface area contributed by atoms with Gasteiger partial charge in [0.05, 0.1) is 34.8 Å². The normalized spacial score (nSPS) is 13.4. The van der Waals surface area contributed by atoms with Crippen molar-refractivity contribution in [3.05, 3.63) is 72.2 Å². The predicted molar refractivity (Wildman–Crippen MR) is 185 cm³/mol. The van der Waals surface area contributed by atoms with Crippen LogP contribution in [-0.4, -0.2) is 78.2 Å². The molecule has 1 aliphatic rings. The van der Waals surface area contributed by atoms with Crippen molar-refractivity contribution in [2.45, 2.75) is 25.1 Å². The van der Waals surface area contributed by atoms with E-state index >= 15 is 0 Å². The van der Waals surface area contributed by atoms with E-state index in [1.807, 2.05) is 16.9 Å². The van der Waals surface area contributed by atoms with E-state index in [-0.39, 0.29) is 23.0 Å². The number of nitrogens with zero attached hydrogens (tertiary/aromatic N) is 3. The number of carbonyl (C=O) groups excluding carboxylic acids is 3. The average molecular weight is 706 g/mol. The number of fused-ring (bicyclic) bond motifs is 1. The van der Waals surface area contributed by atoms with Crippen LogP contribution >= 0.6 is 0 Å². The lowest BCUT2D eigenvalue weighted by atomic mass is 9.96. The zero-order valence-electron chi connectivity index (χ0n) is 28.0. The number of piperidine rings is 1. The molecule has 0 bridgehead atoms. The van der Waals surface area contributed by atoms with Gasteiger partial charge < -0.3 is 35.9 Å². The lowest BCUT2D eigenvalue weighted by Crippen LogP contribution is -2.43. The number of methoxy groups -OCH3 is 1. The van der Waals surface area contributed by atoms with Crippen molar-refractivity contribution in [2.24, 2.45) is 7.05 Å². The van der Waals surface area contributed by atoms with Crippen LogP contribution in [0.15, 0.2) is 61.1 Å². The van der Waals surface area contributed by atoms with E-state index in [2.05, 4.69) is 34.0 Å². The maximum atomic E-state index is 13.3. The summed E-state index contributed by atoms with van der Waals surface area (Å²) in [5, 5.41) is 7.93. The van der Waals surface area contributed by atoms with Gasteiger partial charge in [0.15, 0.2) is 5.83 Å². The van der Waals surface area contributed by atoms with Gasteiger partial charge in [-0.05, 0) is 55.3 Å². The van der Waals surface area contributed by atoms with Gasteiger partial charge in [0.1, 0.15) is 18.1 Å². The highest BCUT2D eigenvalue weighted by atomic mass is 19.4. The van der Waals surface area contributed by atoms with E-state index in [0.29, 0.717) is 63.7 Å². The molecule has 0 radical (unpaired) electrons. The lowest BCUT2D eigenvalue weighted by molar-refractivity contribution is -0.126. The number of hydrogen-bond donors (Lipinski definition) is 4. The third-order valence-electron chi connectivity index (χ3n) is 8.58. The van der Waals surface area contributed by atoms with Crippen molar-refractivity contribution < 1.29 is 36.7 Å². The first-order valence-corrected chi connectivity index (χ1v) is 15.8. The van der Waals surface area contributed by atoms with E-state index in [1.54, 1.807) is 42.3 Å². The van der Waals surface area contributed by atoms with Gasteiger partial charge in [0.25, 0.3) is 17.7 Å². The number of ether oxygens (including phenoxy) is 1. The van der Waals surface area contributed by atoms with Crippen LogP contribution in [0.1, 0.15) is 28.8 Å². The molecule has 5 rings (SSSR count). The number of likely N-dealkylation sites (tertiary alicyclic amines) is 1. The molecule has 1 aliphatic heterocycles. The van der Waals surface area contributed by atoms with Crippen molar-refractivity contribution in [1.29, 1.82) is 0 Å². The van der Waals surface area contributed by atoms with Gasteiger partial charge in [0.2, 0.25) is 0 Å². The molecule has 5 N–H and O–H groups in total. The predicted octanol–water partition coefficient (Wildman–Crippen LogP) is 4.77. The smallest absolute Gasteiger partial charge is 0.405 e. The Kier molecular flexibility index (Phi) is 10.7. The molecule has 51 heavy (non-hydrogen) atoms. The van der Waals surface area contributed by atoms with Gasteiger partial charge in [-0.1, -0.05) is 30.7 Å². The third kappa shape index (κ3) is 7.97. The summed E-state index contributed by atoms with van der Waals surface area (Å²) < 4.78 is 59.1. The first-order valence-electron chi connectivity index (χ1n) is 15.8. The van der Waals surface area contributed by atoms with E-state index < -0.39 is 30.4 Å². The summed E-state index contributed by atoms with van der Waals surface area (Å²) in [4.78, 5) is 43.8. The van der Waals surface area contributed by atoms with E-state index in [4.69, 9.17) is 10.5 Å². The van der Waals surface area contributed by atoms with Crippen LogP contribution < -0.4 is 26.4 Å². The Labute approximate surface area is 290 Å². The van der Waals surface area contributed by atoms with Gasteiger partial charge in [-0.15, -0.1) is 0 Å². The number of aryl methyl sites for hydroxylation is 1. The molecule has 0 spiro atoms. The number of anilines is 2. The van der Waals surface area contributed by atoms with E-state index in [1.165, 1.54) is 25.4 Å². The molecular formula is C36H35F4N7O4. The molecule has 1 fully saturated rings. The molecule has 2 aromatic carbocycles. The van der Waals surface area contributed by atoms with Crippen molar-refractivity contribution in [3.63, 3.8) is 0 Å². The summed E-state index contributed by atoms with van der Waals surface area (Å²) >= 11 is 0. The molecule has 4 aromatic rings. The number of benzene rings is 2. The fourth-order valence-electron chi connectivity index (χ4n) is 6.01. The number of amides is 3. The third-order valence-corrected chi connectivity index (χ3v) is 8.58. The zero-order valence-corrected chi connectivity index (χ0v) is 28.0. The van der Waals surface area contributed by atoms with Gasteiger partial charge in [0, 0.05) is 49.5 Å². The van der Waals surface area contributed by atoms with Crippen molar-refractivity contribution in [2.75, 3.05) is 44.8 Å². The van der Waals surface area contributed by atoms with Crippen molar-refractivity contribution in [1.82, 2.24) is 25.1 Å². The molecule has 0 atom stereocenters. The number of nitrogens with one attached hydrogen (secondary N) is 3. The second-order valence-electron chi connectivity index (χ2n) is 11.8. The monoisotopic (exact) mass is 705 g/mol. The molecule has 266 valence electrons. The van der Waals surface area contributed by atoms with Crippen LogP contribution in [0, 0.1) is 11.8 Å². The Bertz CT molecular complexity index is 2070. The van der Waals surface area contributed by atoms with Gasteiger partial charge in [-0.2, -0.15) is 13.2 Å². The number of alkyl halides is 3. The number of pyridine rings is 1. The Morgan fingerprint density at radius 3 is 2.37 bits per heavy atom. The molecule has 1 saturated heterocycles. The fourth-order valence-corrected chi connectivity index (χ4v) is 6.01. The molecule has 0 unspecified atom stereocenters. The van der Waals surface area contributed by atoms with Crippen molar-refractivity contribution in [3.8, 4) is 40.0 Å². The van der Waals surface area contributed by atoms with Crippen LogP contribution in [0.25, 0.3) is 33.3 Å². The summed E-state index contributed by atoms with van der Waals surface area (Å²) in [7, 11) is 4.93. The maximum Gasteiger partial charge on any atom is 0.405 e. The molecule has 15 heteroatoms. The SMILES string of the molecule is C=C(F)C(=O)Nc1ccc(-c2c(-c3ccc(C(=O)NCC(F)(F)F)c(OC)c3)c3c(N)ncc(C#CC(=O)N4CCC(NC)CC4)c3n2C)cc1. The topological polar surface area (TPSA) is 144 Å². The van der Waals surface area contributed by atoms with Crippen LogP contribution in [0.3, 0.4) is 0 Å². The first-order chi connectivity index (χ1) is 24.2. The maximum absolute atomic E-state index is 13.3. The number of aromatic nitrogens is 2. The molecule has 3 heterocycles. The minimum atomic E-state index is -4.61. The average Bonchev–Trinajstić information content (AvgIpc) is 3.43. The van der Waals surface area contributed by atoms with Crippen LogP contribution in [0.2, 0.25) is 0 Å². The standard InChI is InChI=1S/C36H35F4N7O4/c1-20(37)34(49)45-25-9-5-21(6-10-25)31-29(22-7-11-26(27(17-22)51-4)35(50)44-19-36(38,39)40)30-32(46(31)3)23(18-43-33(30)41)8-12-28(48)47-15-13-24(42-2)14-16-47/h5-7,9-11,17-18,24,42H,1,13-16,19H2,2-4H3,(H2,41,43)(H,44,50)(H,45,49). The highest BCUT2D eigenvalue weighted by molar-refractivity contribution is 6.12. The molecule has 0 aliphatic carbocycles. The largest absolute Gasteiger partial charge is 0.496 e. The second kappa shape index (κ2) is 14.9. The molecule has 2 aromatic heterocycles. The summed E-state index contributed by atoms with van der Waals surface area (Å²) in [5.41, 5.74) is 9.75. The molecule has 3 amide bonds. The van der Waals surface area contributed by atoms with Crippen LogP contribution in [-0.2, 0) is 16.6 Å². The lowest BCUT2D eigenvalue weighted by Gasteiger charge is -2.30. The van der Waals surface area contributed by atoms with Gasteiger partial charge in [-0.25, -0.2) is 9.37 Å². The number of nitrogens with two attached hydrogens (primary N) is 1. The minimum absolute atomic E-state index is 0.00485. The molecule has 11 nitrogen and oxygen atoms in total. The molecular weight excluding hydrogens is 670 g/mol. The Morgan fingerprint density at radius 2 is 1.76 bits per heavy atom. The number of halogens is 4. The van der Waals surface area contributed by atoms with E-state index in [0.717, 1.165) is 12.8 Å². The number of nitrogen functional groups attached to an aromatic ring is 1.